The van der Waals surface area contributed by atoms with Gasteiger partial charge in [-0.2, -0.15) is 0 Å². The Balaban J connectivity index is 1.97. The van der Waals surface area contributed by atoms with Crippen molar-refractivity contribution < 1.29 is 19.4 Å². The molecule has 4 atom stereocenters. The van der Waals surface area contributed by atoms with Crippen molar-refractivity contribution in [3.63, 3.8) is 0 Å². The molecule has 1 saturated heterocycles. The summed E-state index contributed by atoms with van der Waals surface area (Å²) in [7, 11) is 0. The number of carbonyl (C=O) groups excluding carboxylic acids is 1. The summed E-state index contributed by atoms with van der Waals surface area (Å²) >= 11 is 2.32. The molecular formula is C16H27IO4. The van der Waals surface area contributed by atoms with Gasteiger partial charge < -0.3 is 14.6 Å². The monoisotopic (exact) mass is 410 g/mol. The number of esters is 1. The first-order valence-electron chi connectivity index (χ1n) is 8.12. The van der Waals surface area contributed by atoms with Gasteiger partial charge in [0, 0.05) is 0 Å². The largest absolute Gasteiger partial charge is 0.465 e. The molecule has 2 fully saturated rings. The van der Waals surface area contributed by atoms with Crippen molar-refractivity contribution in [3.8, 4) is 0 Å². The zero-order chi connectivity index (χ0) is 15.7. The number of alkyl halides is 1. The fourth-order valence-corrected chi connectivity index (χ4v) is 5.39. The number of hydrogen-bond acceptors (Lipinski definition) is 4. The number of hydrogen-bond donors (Lipinski definition) is 1. The van der Waals surface area contributed by atoms with Gasteiger partial charge in [0.1, 0.15) is 5.41 Å². The average Bonchev–Trinajstić information content (AvgIpc) is 3.03. The molecule has 122 valence electrons. The van der Waals surface area contributed by atoms with E-state index in [0.717, 1.165) is 12.8 Å². The first-order valence-corrected chi connectivity index (χ1v) is 9.20. The molecule has 0 bridgehead atoms. The van der Waals surface area contributed by atoms with Crippen LogP contribution >= 0.6 is 22.6 Å². The lowest BCUT2D eigenvalue weighted by Crippen LogP contribution is -2.43. The average molecular weight is 410 g/mol. The minimum absolute atomic E-state index is 0.0564. The highest BCUT2D eigenvalue weighted by molar-refractivity contribution is 14.1. The van der Waals surface area contributed by atoms with Crippen molar-refractivity contribution in [3.05, 3.63) is 0 Å². The second-order valence-electron chi connectivity index (χ2n) is 6.46. The van der Waals surface area contributed by atoms with Crippen LogP contribution in [-0.2, 0) is 14.3 Å². The van der Waals surface area contributed by atoms with Crippen molar-refractivity contribution >= 4 is 28.6 Å². The zero-order valence-electron chi connectivity index (χ0n) is 13.3. The molecule has 4 nitrogen and oxygen atoms in total. The van der Waals surface area contributed by atoms with E-state index >= 15 is 0 Å². The second-order valence-corrected chi connectivity index (χ2v) is 8.38. The van der Waals surface area contributed by atoms with Crippen LogP contribution in [-0.4, -0.2) is 33.0 Å². The topological polar surface area (TPSA) is 55.8 Å². The summed E-state index contributed by atoms with van der Waals surface area (Å²) in [6, 6.07) is 0. The molecule has 0 unspecified atom stereocenters. The molecule has 21 heavy (non-hydrogen) atoms. The fraction of sp³-hybridized carbons (Fsp3) is 0.938. The number of halogens is 1. The predicted octanol–water partition coefficient (Wildman–Crippen LogP) is 3.58. The van der Waals surface area contributed by atoms with E-state index in [4.69, 9.17) is 9.47 Å². The van der Waals surface area contributed by atoms with E-state index < -0.39 is 11.2 Å². The quantitative estimate of drug-likeness (QED) is 0.288. The maximum absolute atomic E-state index is 12.3. The summed E-state index contributed by atoms with van der Waals surface area (Å²) < 4.78 is 10.7. The number of aliphatic hydroxyl groups is 1. The van der Waals surface area contributed by atoms with E-state index in [2.05, 4.69) is 29.5 Å². The Labute approximate surface area is 141 Å². The van der Waals surface area contributed by atoms with Gasteiger partial charge >= 0.3 is 5.97 Å². The smallest absolute Gasteiger partial charge is 0.319 e. The summed E-state index contributed by atoms with van der Waals surface area (Å²) in [5.74, 6) is -1.72. The van der Waals surface area contributed by atoms with Gasteiger partial charge in [-0.3, -0.25) is 4.79 Å². The third-order valence-corrected chi connectivity index (χ3v) is 6.97. The zero-order valence-corrected chi connectivity index (χ0v) is 15.4. The lowest BCUT2D eigenvalue weighted by molar-refractivity contribution is -0.229. The van der Waals surface area contributed by atoms with Gasteiger partial charge in [-0.25, -0.2) is 0 Å². The molecule has 0 aromatic heterocycles. The molecule has 0 spiro atoms. The lowest BCUT2D eigenvalue weighted by Gasteiger charge is -2.27. The molecule has 1 saturated carbocycles. The molecule has 1 aliphatic carbocycles. The number of rotatable bonds is 8. The van der Waals surface area contributed by atoms with E-state index in [-0.39, 0.29) is 15.5 Å². The Morgan fingerprint density at radius 3 is 2.57 bits per heavy atom. The second kappa shape index (κ2) is 6.32. The van der Waals surface area contributed by atoms with Gasteiger partial charge in [0.25, 0.3) is 0 Å². The van der Waals surface area contributed by atoms with E-state index in [1.165, 1.54) is 25.7 Å². The van der Waals surface area contributed by atoms with Crippen LogP contribution in [0, 0.1) is 5.41 Å². The van der Waals surface area contributed by atoms with Gasteiger partial charge in [-0.1, -0.05) is 61.6 Å². The Morgan fingerprint density at radius 1 is 1.33 bits per heavy atom. The van der Waals surface area contributed by atoms with Crippen LogP contribution in [0.1, 0.15) is 65.7 Å². The van der Waals surface area contributed by atoms with Crippen molar-refractivity contribution in [2.75, 3.05) is 6.61 Å². The number of unbranched alkanes of at least 4 members (excludes halogenated alkanes) is 4. The minimum atomic E-state index is -1.41. The van der Waals surface area contributed by atoms with Crippen LogP contribution in [0.15, 0.2) is 0 Å². The molecular weight excluding hydrogens is 383 g/mol. The predicted molar refractivity (Wildman–Crippen MR) is 89.3 cm³/mol. The Hall–Kier alpha value is 0.120. The van der Waals surface area contributed by atoms with Crippen LogP contribution in [0.5, 0.6) is 0 Å². The van der Waals surface area contributed by atoms with Gasteiger partial charge in [0.15, 0.2) is 5.79 Å². The van der Waals surface area contributed by atoms with Crippen LogP contribution in [0.25, 0.3) is 0 Å². The fourth-order valence-electron chi connectivity index (χ4n) is 3.66. The van der Waals surface area contributed by atoms with Crippen molar-refractivity contribution in [2.24, 2.45) is 5.41 Å². The molecule has 0 aromatic carbocycles. The molecule has 1 heterocycles. The maximum Gasteiger partial charge on any atom is 0.319 e. The highest BCUT2D eigenvalue weighted by Crippen LogP contribution is 2.75. The van der Waals surface area contributed by atoms with E-state index in [0.29, 0.717) is 13.0 Å². The molecule has 0 aromatic rings. The third kappa shape index (κ3) is 2.74. The summed E-state index contributed by atoms with van der Waals surface area (Å²) in [5.41, 5.74) is -0.870. The standard InChI is InChI=1S/C16H27IO4/c1-4-6-7-8-9-10-12-16(17)11-15(16,13(18)20-5-2)14(3,19)21-12/h12,19H,4-11H2,1-3H3/t12-,14-,15-,16+/m0/s1. The summed E-state index contributed by atoms with van der Waals surface area (Å²) in [4.78, 5) is 12.3. The molecule has 0 radical (unpaired) electrons. The van der Waals surface area contributed by atoms with Crippen molar-refractivity contribution in [2.45, 2.75) is 81.0 Å². The van der Waals surface area contributed by atoms with Crippen LogP contribution < -0.4 is 0 Å². The van der Waals surface area contributed by atoms with Crippen LogP contribution in [0.3, 0.4) is 0 Å². The first-order chi connectivity index (χ1) is 9.85. The molecule has 5 heteroatoms. The van der Waals surface area contributed by atoms with Crippen LogP contribution in [0.2, 0.25) is 0 Å². The van der Waals surface area contributed by atoms with Crippen molar-refractivity contribution in [1.82, 2.24) is 0 Å². The van der Waals surface area contributed by atoms with Gasteiger partial charge in [0.05, 0.1) is 16.1 Å². The molecule has 2 aliphatic rings. The highest BCUT2D eigenvalue weighted by atomic mass is 127. The van der Waals surface area contributed by atoms with Crippen LogP contribution in [0.4, 0.5) is 0 Å². The molecule has 2 rings (SSSR count). The van der Waals surface area contributed by atoms with Gasteiger partial charge in [-0.15, -0.1) is 0 Å². The SMILES string of the molecule is CCCCCCC[C@@H]1O[C@](C)(O)[C@@]2(C(=O)OCC)C[C@@]12I. The molecule has 1 aliphatic heterocycles. The Bertz CT molecular complexity index is 398. The van der Waals surface area contributed by atoms with Gasteiger partial charge in [0.2, 0.25) is 0 Å². The normalized spacial score (nSPS) is 40.9. The highest BCUT2D eigenvalue weighted by Gasteiger charge is 2.87. The minimum Gasteiger partial charge on any atom is -0.465 e. The molecule has 1 N–H and O–H groups in total. The number of fused-ring (bicyclic) bond motifs is 1. The first kappa shape index (κ1) is 17.5. The summed E-state index contributed by atoms with van der Waals surface area (Å²) in [6.07, 6.45) is 7.54. The summed E-state index contributed by atoms with van der Waals surface area (Å²) in [5, 5.41) is 10.6. The number of ether oxygens (including phenoxy) is 2. The lowest BCUT2D eigenvalue weighted by atomic mass is 9.94. The maximum atomic E-state index is 12.3. The third-order valence-electron chi connectivity index (χ3n) is 4.97. The summed E-state index contributed by atoms with van der Waals surface area (Å²) in [6.45, 7) is 5.95. The Kier molecular flexibility index (Phi) is 5.26. The Morgan fingerprint density at radius 2 is 2.00 bits per heavy atom. The van der Waals surface area contributed by atoms with Crippen molar-refractivity contribution in [1.29, 1.82) is 0 Å². The van der Waals surface area contributed by atoms with Gasteiger partial charge in [-0.05, 0) is 26.7 Å². The van der Waals surface area contributed by atoms with E-state index in [9.17, 15) is 9.90 Å². The van der Waals surface area contributed by atoms with E-state index in [1.54, 1.807) is 13.8 Å². The molecule has 0 amide bonds. The number of carbonyl (C=O) groups is 1. The van der Waals surface area contributed by atoms with E-state index in [1.807, 2.05) is 0 Å².